The van der Waals surface area contributed by atoms with E-state index < -0.39 is 6.03 Å². The van der Waals surface area contributed by atoms with E-state index in [0.717, 1.165) is 5.56 Å². The predicted molar refractivity (Wildman–Crippen MR) is 85.3 cm³/mol. The molecule has 0 aromatic heterocycles. The minimum atomic E-state index is -0.391. The van der Waals surface area contributed by atoms with Crippen LogP contribution in [0.15, 0.2) is 42.5 Å². The monoisotopic (exact) mass is 302 g/mol. The van der Waals surface area contributed by atoms with Gasteiger partial charge in [0.25, 0.3) is 0 Å². The number of halogens is 1. The van der Waals surface area contributed by atoms with Crippen molar-refractivity contribution in [1.29, 1.82) is 0 Å². The Morgan fingerprint density at radius 1 is 1.00 bits per heavy atom. The number of urea groups is 1. The van der Waals surface area contributed by atoms with Crippen LogP contribution in [0.2, 0.25) is 5.02 Å². The van der Waals surface area contributed by atoms with Crippen LogP contribution in [0.5, 0.6) is 0 Å². The molecule has 108 valence electrons. The number of hydrogen-bond acceptors (Lipinski definition) is 2. The SMILES string of the molecule is CC(=O)c1ccc(NC(=O)Nc2cc(C)ccc2Cl)cc1. The molecule has 0 radical (unpaired) electrons. The Bertz CT molecular complexity index is 681. The summed E-state index contributed by atoms with van der Waals surface area (Å²) in [6, 6.07) is 11.7. The minimum Gasteiger partial charge on any atom is -0.308 e. The van der Waals surface area contributed by atoms with Gasteiger partial charge in [-0.05, 0) is 55.8 Å². The summed E-state index contributed by atoms with van der Waals surface area (Å²) in [4.78, 5) is 23.1. The molecule has 2 aromatic carbocycles. The predicted octanol–water partition coefficient (Wildman–Crippen LogP) is 4.50. The Morgan fingerprint density at radius 3 is 2.29 bits per heavy atom. The van der Waals surface area contributed by atoms with Crippen molar-refractivity contribution in [1.82, 2.24) is 0 Å². The molecular formula is C16H15ClN2O2. The molecule has 0 atom stereocenters. The molecule has 2 amide bonds. The van der Waals surface area contributed by atoms with Crippen LogP contribution in [0.1, 0.15) is 22.8 Å². The Morgan fingerprint density at radius 2 is 1.67 bits per heavy atom. The fourth-order valence-corrected chi connectivity index (χ4v) is 1.97. The fourth-order valence-electron chi connectivity index (χ4n) is 1.81. The van der Waals surface area contributed by atoms with E-state index in [1.54, 1.807) is 36.4 Å². The molecule has 4 nitrogen and oxygen atoms in total. The van der Waals surface area contributed by atoms with Gasteiger partial charge >= 0.3 is 6.03 Å². The molecule has 2 aromatic rings. The van der Waals surface area contributed by atoms with Crippen LogP contribution >= 0.6 is 11.6 Å². The van der Waals surface area contributed by atoms with Crippen molar-refractivity contribution in [2.24, 2.45) is 0 Å². The number of ketones is 1. The molecule has 2 N–H and O–H groups in total. The van der Waals surface area contributed by atoms with Crippen LogP contribution < -0.4 is 10.6 Å². The molecule has 2 rings (SSSR count). The lowest BCUT2D eigenvalue weighted by Crippen LogP contribution is -2.19. The molecule has 0 unspecified atom stereocenters. The van der Waals surface area contributed by atoms with Crippen molar-refractivity contribution in [3.63, 3.8) is 0 Å². The Kier molecular flexibility index (Phi) is 4.60. The van der Waals surface area contributed by atoms with Gasteiger partial charge in [-0.2, -0.15) is 0 Å². The number of hydrogen-bond donors (Lipinski definition) is 2. The number of anilines is 2. The number of benzene rings is 2. The number of Topliss-reactive ketones (excluding diaryl/α,β-unsaturated/α-hetero) is 1. The molecule has 5 heteroatoms. The number of aryl methyl sites for hydroxylation is 1. The lowest BCUT2D eigenvalue weighted by atomic mass is 10.1. The number of nitrogens with one attached hydrogen (secondary N) is 2. The molecule has 0 aliphatic heterocycles. The highest BCUT2D eigenvalue weighted by Gasteiger charge is 2.07. The third kappa shape index (κ3) is 4.07. The van der Waals surface area contributed by atoms with Gasteiger partial charge in [-0.3, -0.25) is 4.79 Å². The molecular weight excluding hydrogens is 288 g/mol. The van der Waals surface area contributed by atoms with Crippen molar-refractivity contribution in [3.05, 3.63) is 58.6 Å². The molecule has 0 aliphatic carbocycles. The van der Waals surface area contributed by atoms with Crippen LogP contribution in [0.4, 0.5) is 16.2 Å². The first kappa shape index (κ1) is 15.1. The zero-order valence-corrected chi connectivity index (χ0v) is 12.5. The van der Waals surface area contributed by atoms with Crippen molar-refractivity contribution in [3.8, 4) is 0 Å². The quantitative estimate of drug-likeness (QED) is 0.820. The van der Waals surface area contributed by atoms with Crippen molar-refractivity contribution in [2.75, 3.05) is 10.6 Å². The van der Waals surface area contributed by atoms with Crippen LogP contribution in [0.3, 0.4) is 0 Å². The van der Waals surface area contributed by atoms with E-state index >= 15 is 0 Å². The maximum atomic E-state index is 11.9. The molecule has 0 saturated heterocycles. The standard InChI is InChI=1S/C16H15ClN2O2/c1-10-3-8-14(17)15(9-10)19-16(21)18-13-6-4-12(5-7-13)11(2)20/h3-9H,1-2H3,(H2,18,19,21). The number of rotatable bonds is 3. The zero-order valence-electron chi connectivity index (χ0n) is 11.7. The summed E-state index contributed by atoms with van der Waals surface area (Å²) >= 11 is 6.02. The third-order valence-corrected chi connectivity index (χ3v) is 3.25. The fraction of sp³-hybridized carbons (Fsp3) is 0.125. The summed E-state index contributed by atoms with van der Waals surface area (Å²) < 4.78 is 0. The van der Waals surface area contributed by atoms with Crippen molar-refractivity contribution in [2.45, 2.75) is 13.8 Å². The normalized spacial score (nSPS) is 10.0. The summed E-state index contributed by atoms with van der Waals surface area (Å²) in [5.74, 6) is -0.0162. The molecule has 0 fully saturated rings. The van der Waals surface area contributed by atoms with Gasteiger partial charge in [0.1, 0.15) is 0 Å². The van der Waals surface area contributed by atoms with Gasteiger partial charge in [0.05, 0.1) is 10.7 Å². The highest BCUT2D eigenvalue weighted by Crippen LogP contribution is 2.23. The van der Waals surface area contributed by atoms with Crippen LogP contribution in [0.25, 0.3) is 0 Å². The van der Waals surface area contributed by atoms with E-state index in [9.17, 15) is 9.59 Å². The molecule has 21 heavy (non-hydrogen) atoms. The topological polar surface area (TPSA) is 58.2 Å². The van der Waals surface area contributed by atoms with Gasteiger partial charge in [-0.1, -0.05) is 17.7 Å². The van der Waals surface area contributed by atoms with Crippen LogP contribution in [-0.2, 0) is 0 Å². The van der Waals surface area contributed by atoms with E-state index in [0.29, 0.717) is 22.0 Å². The van der Waals surface area contributed by atoms with Gasteiger partial charge in [0, 0.05) is 11.3 Å². The zero-order chi connectivity index (χ0) is 15.4. The highest BCUT2D eigenvalue weighted by molar-refractivity contribution is 6.33. The second-order valence-corrected chi connectivity index (χ2v) is 5.10. The van der Waals surface area contributed by atoms with Crippen molar-refractivity contribution >= 4 is 34.8 Å². The van der Waals surface area contributed by atoms with Crippen molar-refractivity contribution < 1.29 is 9.59 Å². The number of carbonyl (C=O) groups excluding carboxylic acids is 2. The van der Waals surface area contributed by atoms with Crippen LogP contribution in [-0.4, -0.2) is 11.8 Å². The maximum absolute atomic E-state index is 11.9. The van der Waals surface area contributed by atoms with E-state index in [1.165, 1.54) is 6.92 Å². The van der Waals surface area contributed by atoms with Gasteiger partial charge in [-0.25, -0.2) is 4.79 Å². The van der Waals surface area contributed by atoms with Gasteiger partial charge in [-0.15, -0.1) is 0 Å². The first-order valence-electron chi connectivity index (χ1n) is 6.41. The van der Waals surface area contributed by atoms with Gasteiger partial charge in [0.2, 0.25) is 0 Å². The first-order valence-corrected chi connectivity index (χ1v) is 6.78. The molecule has 0 heterocycles. The summed E-state index contributed by atoms with van der Waals surface area (Å²) in [5, 5.41) is 5.85. The lowest BCUT2D eigenvalue weighted by molar-refractivity contribution is 0.101. The Balaban J connectivity index is 2.04. The van der Waals surface area contributed by atoms with Gasteiger partial charge < -0.3 is 10.6 Å². The highest BCUT2D eigenvalue weighted by atomic mass is 35.5. The molecule has 0 spiro atoms. The lowest BCUT2D eigenvalue weighted by Gasteiger charge is -2.10. The van der Waals surface area contributed by atoms with Gasteiger partial charge in [0.15, 0.2) is 5.78 Å². The Labute approximate surface area is 128 Å². The summed E-state index contributed by atoms with van der Waals surface area (Å²) in [7, 11) is 0. The summed E-state index contributed by atoms with van der Waals surface area (Å²) in [5.41, 5.74) is 2.75. The van der Waals surface area contributed by atoms with E-state index in [2.05, 4.69) is 10.6 Å². The van der Waals surface area contributed by atoms with E-state index in [1.807, 2.05) is 13.0 Å². The largest absolute Gasteiger partial charge is 0.323 e. The van der Waals surface area contributed by atoms with E-state index in [4.69, 9.17) is 11.6 Å². The smallest absolute Gasteiger partial charge is 0.308 e. The Hall–Kier alpha value is -2.33. The number of carbonyl (C=O) groups is 2. The molecule has 0 saturated carbocycles. The second kappa shape index (κ2) is 6.41. The average molecular weight is 303 g/mol. The minimum absolute atomic E-state index is 0.0162. The first-order chi connectivity index (χ1) is 9.95. The van der Waals surface area contributed by atoms with Crippen LogP contribution in [0, 0.1) is 6.92 Å². The molecule has 0 bridgehead atoms. The summed E-state index contributed by atoms with van der Waals surface area (Å²) in [6.07, 6.45) is 0. The average Bonchev–Trinajstić information content (AvgIpc) is 2.43. The second-order valence-electron chi connectivity index (χ2n) is 4.70. The molecule has 0 aliphatic rings. The number of amides is 2. The summed E-state index contributed by atoms with van der Waals surface area (Å²) in [6.45, 7) is 3.41. The maximum Gasteiger partial charge on any atom is 0.323 e. The van der Waals surface area contributed by atoms with E-state index in [-0.39, 0.29) is 5.78 Å². The third-order valence-electron chi connectivity index (χ3n) is 2.92.